The molecule has 2 heterocycles. The molecule has 8 heteroatoms. The van der Waals surface area contributed by atoms with Crippen LogP contribution in [0.5, 0.6) is 0 Å². The minimum absolute atomic E-state index is 0. The van der Waals surface area contributed by atoms with Crippen molar-refractivity contribution >= 4 is 39.8 Å². The number of halogens is 2. The van der Waals surface area contributed by atoms with E-state index in [1.165, 1.54) is 11.7 Å². The molecule has 6 rings (SSSR count). The maximum Gasteiger partial charge on any atom is 0.169 e. The number of para-hydroxylation sites is 2. The Morgan fingerprint density at radius 3 is 1.56 bits per heavy atom. The molecule has 2 aromatic heterocycles. The summed E-state index contributed by atoms with van der Waals surface area (Å²) in [5.41, 5.74) is 9.76. The van der Waals surface area contributed by atoms with Crippen LogP contribution < -0.4 is 43.4 Å². The zero-order chi connectivity index (χ0) is 28.2. The Labute approximate surface area is 279 Å². The summed E-state index contributed by atoms with van der Waals surface area (Å²) in [7, 11) is 6.72. The third-order valence-corrected chi connectivity index (χ3v) is 7.86. The average Bonchev–Trinajstić information content (AvgIpc) is 3.49. The molecule has 0 aliphatic carbocycles. The van der Waals surface area contributed by atoms with Crippen molar-refractivity contribution in [2.75, 3.05) is 32.6 Å². The quantitative estimate of drug-likeness (QED) is 0.170. The van der Waals surface area contributed by atoms with Crippen molar-refractivity contribution in [2.24, 2.45) is 0 Å². The Morgan fingerprint density at radius 1 is 0.605 bits per heavy atom. The monoisotopic (exact) mass is 715 g/mol. The van der Waals surface area contributed by atoms with Gasteiger partial charge in [-0.2, -0.15) is 8.75 Å². The van der Waals surface area contributed by atoms with E-state index in [2.05, 4.69) is 140 Å². The Bertz CT molecular complexity index is 1690. The zero-order valence-corrected chi connectivity index (χ0v) is 28.6. The lowest BCUT2D eigenvalue weighted by molar-refractivity contribution is -0.873. The van der Waals surface area contributed by atoms with Crippen LogP contribution in [0.25, 0.3) is 33.3 Å². The van der Waals surface area contributed by atoms with E-state index in [0.717, 1.165) is 74.3 Å². The molecule has 6 aromatic rings. The lowest BCUT2D eigenvalue weighted by Crippen LogP contribution is -3.00. The topological polar surface area (TPSA) is 32.9 Å². The molecule has 0 bridgehead atoms. The van der Waals surface area contributed by atoms with E-state index in [1.807, 2.05) is 12.1 Å². The first-order valence-electron chi connectivity index (χ1n) is 14.0. The molecule has 0 aliphatic heterocycles. The minimum atomic E-state index is 0. The summed E-state index contributed by atoms with van der Waals surface area (Å²) < 4.78 is 12.7. The Balaban J connectivity index is 0.00000212. The highest BCUT2D eigenvalue weighted by Gasteiger charge is 2.16. The van der Waals surface area contributed by atoms with Crippen molar-refractivity contribution in [3.05, 3.63) is 122 Å². The van der Waals surface area contributed by atoms with Crippen LogP contribution in [0.1, 0.15) is 6.42 Å². The minimum Gasteiger partial charge on any atom is -1.00 e. The standard InChI is InChI=1S/C35H35N5S.2BrH/c1-40(2,3)26-10-23-38-24-21-28(22-25-38)33-20-19-32(34-35(33)37-41-36-34)27-15-17-31(18-16-27)39(29-11-6-4-7-12-29)30-13-8-5-9-14-30;;/h4-9,11-22,24-25H,10,23,26H2,1-3H3;2*1H/q+2;;/p-2. The lowest BCUT2D eigenvalue weighted by atomic mass is 9.98. The molecule has 0 aliphatic rings. The predicted octanol–water partition coefficient (Wildman–Crippen LogP) is 1.89. The molecule has 4 aromatic carbocycles. The summed E-state index contributed by atoms with van der Waals surface area (Å²) in [4.78, 5) is 2.27. The predicted molar refractivity (Wildman–Crippen MR) is 171 cm³/mol. The first-order valence-corrected chi connectivity index (χ1v) is 14.8. The fraction of sp³-hybridized carbons (Fsp3) is 0.171. The molecule has 0 saturated carbocycles. The number of fused-ring (bicyclic) bond motifs is 1. The molecule has 0 radical (unpaired) electrons. The normalized spacial score (nSPS) is 11.0. The van der Waals surface area contributed by atoms with Gasteiger partial charge in [-0.05, 0) is 47.5 Å². The molecule has 220 valence electrons. The van der Waals surface area contributed by atoms with Crippen LogP contribution in [-0.2, 0) is 6.54 Å². The van der Waals surface area contributed by atoms with Gasteiger partial charge in [-0.25, -0.2) is 4.57 Å². The second-order valence-electron chi connectivity index (χ2n) is 11.4. The van der Waals surface area contributed by atoms with Crippen molar-refractivity contribution in [1.82, 2.24) is 8.75 Å². The maximum atomic E-state index is 4.73. The molecular formula is C35H35Br2N5S. The lowest BCUT2D eigenvalue weighted by Gasteiger charge is -2.25. The van der Waals surface area contributed by atoms with Crippen LogP contribution in [0, 0.1) is 0 Å². The van der Waals surface area contributed by atoms with Crippen molar-refractivity contribution in [3.8, 4) is 22.3 Å². The highest BCUT2D eigenvalue weighted by atomic mass is 79.9. The molecule has 0 N–H and O–H groups in total. The van der Waals surface area contributed by atoms with E-state index in [9.17, 15) is 0 Å². The Kier molecular flexibility index (Phi) is 10.8. The van der Waals surface area contributed by atoms with Gasteiger partial charge in [-0.15, -0.1) is 0 Å². The van der Waals surface area contributed by atoms with Crippen LogP contribution in [0.15, 0.2) is 122 Å². The molecule has 5 nitrogen and oxygen atoms in total. The van der Waals surface area contributed by atoms with Gasteiger partial charge in [0.1, 0.15) is 11.0 Å². The largest absolute Gasteiger partial charge is 1.00 e. The number of benzene rings is 4. The zero-order valence-electron chi connectivity index (χ0n) is 24.6. The van der Waals surface area contributed by atoms with Crippen LogP contribution in [0.2, 0.25) is 0 Å². The molecule has 0 spiro atoms. The summed E-state index contributed by atoms with van der Waals surface area (Å²) in [6.45, 7) is 2.17. The number of hydrogen-bond acceptors (Lipinski definition) is 4. The number of aryl methyl sites for hydroxylation is 1. The fourth-order valence-electron chi connectivity index (χ4n) is 5.24. The number of anilines is 3. The first-order chi connectivity index (χ1) is 20.0. The van der Waals surface area contributed by atoms with Crippen molar-refractivity contribution in [2.45, 2.75) is 13.0 Å². The van der Waals surface area contributed by atoms with Gasteiger partial charge in [0.15, 0.2) is 18.9 Å². The summed E-state index contributed by atoms with van der Waals surface area (Å²) in [6, 6.07) is 38.4. The fourth-order valence-corrected chi connectivity index (χ4v) is 5.81. The number of quaternary nitrogens is 1. The van der Waals surface area contributed by atoms with Gasteiger partial charge in [0.2, 0.25) is 0 Å². The summed E-state index contributed by atoms with van der Waals surface area (Å²) >= 11 is 1.27. The van der Waals surface area contributed by atoms with E-state index in [4.69, 9.17) is 8.75 Å². The van der Waals surface area contributed by atoms with E-state index in [0.29, 0.717) is 0 Å². The van der Waals surface area contributed by atoms with Gasteiger partial charge in [0, 0.05) is 40.3 Å². The van der Waals surface area contributed by atoms with E-state index in [1.54, 1.807) is 0 Å². The average molecular weight is 718 g/mol. The van der Waals surface area contributed by atoms with E-state index < -0.39 is 0 Å². The highest BCUT2D eigenvalue weighted by molar-refractivity contribution is 7.00. The van der Waals surface area contributed by atoms with Crippen LogP contribution in [0.3, 0.4) is 0 Å². The third kappa shape index (κ3) is 7.57. The number of pyridine rings is 1. The van der Waals surface area contributed by atoms with Crippen molar-refractivity contribution in [1.29, 1.82) is 0 Å². The SMILES string of the molecule is C[N+](C)(C)CCC[n+]1ccc(-c2ccc(-c3ccc(N(c4ccccc4)c4ccccc4)cc3)c3nsnc23)cc1.[Br-].[Br-]. The Morgan fingerprint density at radius 2 is 1.07 bits per heavy atom. The smallest absolute Gasteiger partial charge is 0.169 e. The third-order valence-electron chi connectivity index (χ3n) is 7.33. The summed E-state index contributed by atoms with van der Waals surface area (Å²) in [5.74, 6) is 0. The van der Waals surface area contributed by atoms with Crippen molar-refractivity contribution in [3.63, 3.8) is 0 Å². The number of hydrogen-bond donors (Lipinski definition) is 0. The molecule has 0 atom stereocenters. The van der Waals surface area contributed by atoms with Gasteiger partial charge < -0.3 is 43.3 Å². The number of nitrogens with zero attached hydrogens (tertiary/aromatic N) is 5. The van der Waals surface area contributed by atoms with Crippen LogP contribution >= 0.6 is 11.7 Å². The molecule has 43 heavy (non-hydrogen) atoms. The van der Waals surface area contributed by atoms with Gasteiger partial charge in [-0.3, -0.25) is 0 Å². The van der Waals surface area contributed by atoms with Gasteiger partial charge in [0.05, 0.1) is 45.8 Å². The molecule has 0 amide bonds. The second kappa shape index (κ2) is 14.4. The van der Waals surface area contributed by atoms with E-state index in [-0.39, 0.29) is 34.0 Å². The maximum absolute atomic E-state index is 4.73. The first kappa shape index (κ1) is 32.5. The number of aromatic nitrogens is 3. The van der Waals surface area contributed by atoms with Crippen LogP contribution in [0.4, 0.5) is 17.1 Å². The summed E-state index contributed by atoms with van der Waals surface area (Å²) in [5, 5.41) is 0. The number of rotatable bonds is 9. The molecule has 0 saturated heterocycles. The van der Waals surface area contributed by atoms with Crippen molar-refractivity contribution < 1.29 is 43.0 Å². The highest BCUT2D eigenvalue weighted by Crippen LogP contribution is 2.38. The van der Waals surface area contributed by atoms with Gasteiger partial charge in [-0.1, -0.05) is 60.7 Å². The second-order valence-corrected chi connectivity index (χ2v) is 11.9. The molecule has 0 unspecified atom stereocenters. The summed E-state index contributed by atoms with van der Waals surface area (Å²) in [6.07, 6.45) is 5.50. The Hall–Kier alpha value is -3.43. The van der Waals surface area contributed by atoms with Gasteiger partial charge >= 0.3 is 0 Å². The van der Waals surface area contributed by atoms with Crippen LogP contribution in [-0.4, -0.2) is 40.9 Å². The molecular weight excluding hydrogens is 682 g/mol. The molecule has 0 fully saturated rings. The van der Waals surface area contributed by atoms with E-state index >= 15 is 0 Å². The van der Waals surface area contributed by atoms with Gasteiger partial charge in [0.25, 0.3) is 0 Å².